The molecule has 0 atom stereocenters. The van der Waals surface area contributed by atoms with Crippen molar-refractivity contribution in [2.45, 2.75) is 18.8 Å². The van der Waals surface area contributed by atoms with Crippen LogP contribution in [-0.4, -0.2) is 23.8 Å². The van der Waals surface area contributed by atoms with Crippen molar-refractivity contribution in [3.8, 4) is 45.4 Å². The van der Waals surface area contributed by atoms with E-state index in [4.69, 9.17) is 19.0 Å². The van der Waals surface area contributed by atoms with Gasteiger partial charge in [-0.3, -0.25) is 0 Å². The molecule has 0 amide bonds. The van der Waals surface area contributed by atoms with E-state index < -0.39 is 0 Å². The van der Waals surface area contributed by atoms with Gasteiger partial charge in [-0.25, -0.2) is 4.52 Å². The largest absolute Gasteiger partial charge is 0.493 e. The number of benzene rings is 3. The highest BCUT2D eigenvalue weighted by molar-refractivity contribution is 6.08. The third-order valence-electron chi connectivity index (χ3n) is 7.20. The normalized spacial score (nSPS) is 13.4. The lowest BCUT2D eigenvalue weighted by Crippen LogP contribution is -1.99. The van der Waals surface area contributed by atoms with Gasteiger partial charge in [-0.1, -0.05) is 60.7 Å². The van der Waals surface area contributed by atoms with Crippen LogP contribution in [0.15, 0.2) is 95.4 Å². The molecule has 0 N–H and O–H groups in total. The molecule has 0 radical (unpaired) electrons. The summed E-state index contributed by atoms with van der Waals surface area (Å²) in [5.74, 6) is 3.48. The van der Waals surface area contributed by atoms with Gasteiger partial charge in [0.1, 0.15) is 11.5 Å². The Kier molecular flexibility index (Phi) is 5.03. The Morgan fingerprint density at radius 3 is 2.08 bits per heavy atom. The van der Waals surface area contributed by atoms with E-state index >= 15 is 0 Å². The van der Waals surface area contributed by atoms with Crippen molar-refractivity contribution in [1.82, 2.24) is 9.61 Å². The van der Waals surface area contributed by atoms with Gasteiger partial charge in [0.2, 0.25) is 0 Å². The first kappa shape index (κ1) is 21.7. The maximum Gasteiger partial charge on any atom is 0.161 e. The summed E-state index contributed by atoms with van der Waals surface area (Å²) in [5.41, 5.74) is 6.29. The van der Waals surface area contributed by atoms with E-state index in [1.165, 1.54) is 18.5 Å². The van der Waals surface area contributed by atoms with Crippen molar-refractivity contribution in [3.63, 3.8) is 0 Å². The van der Waals surface area contributed by atoms with Gasteiger partial charge in [0.25, 0.3) is 0 Å². The Balaban J connectivity index is 1.57. The van der Waals surface area contributed by atoms with Crippen LogP contribution in [0.2, 0.25) is 0 Å². The highest BCUT2D eigenvalue weighted by Gasteiger charge is 2.30. The zero-order valence-electron chi connectivity index (χ0n) is 20.8. The van der Waals surface area contributed by atoms with E-state index in [1.54, 1.807) is 14.2 Å². The lowest BCUT2D eigenvalue weighted by atomic mass is 9.98. The molecule has 1 aliphatic carbocycles. The summed E-state index contributed by atoms with van der Waals surface area (Å²) in [5, 5.41) is 7.40. The van der Waals surface area contributed by atoms with E-state index in [1.807, 2.05) is 36.4 Å². The predicted octanol–water partition coefficient (Wildman–Crippen LogP) is 7.98. The molecule has 0 unspecified atom stereocenters. The predicted molar refractivity (Wildman–Crippen MR) is 146 cm³/mol. The molecule has 37 heavy (non-hydrogen) atoms. The van der Waals surface area contributed by atoms with Gasteiger partial charge in [-0.05, 0) is 54.1 Å². The summed E-state index contributed by atoms with van der Waals surface area (Å²) in [6.45, 7) is 0. The second-order valence-corrected chi connectivity index (χ2v) is 9.52. The maximum atomic E-state index is 6.44. The quantitative estimate of drug-likeness (QED) is 0.239. The molecule has 3 aromatic heterocycles. The van der Waals surface area contributed by atoms with E-state index in [-0.39, 0.29) is 0 Å². The molecule has 1 aliphatic rings. The van der Waals surface area contributed by atoms with Crippen LogP contribution in [0.4, 0.5) is 0 Å². The third kappa shape index (κ3) is 3.58. The smallest absolute Gasteiger partial charge is 0.161 e. The second kappa shape index (κ2) is 8.56. The van der Waals surface area contributed by atoms with Gasteiger partial charge in [-0.2, -0.15) is 5.10 Å². The van der Waals surface area contributed by atoms with Crippen molar-refractivity contribution < 1.29 is 13.9 Å². The molecule has 5 nitrogen and oxygen atoms in total. The molecule has 0 aliphatic heterocycles. The number of hydrogen-bond donors (Lipinski definition) is 0. The molecule has 182 valence electrons. The number of fused-ring (bicyclic) bond motifs is 3. The Bertz CT molecular complexity index is 1750. The molecule has 3 heterocycles. The number of furan rings is 1. The lowest BCUT2D eigenvalue weighted by Gasteiger charge is -2.13. The second-order valence-electron chi connectivity index (χ2n) is 9.52. The molecule has 0 bridgehead atoms. The standard InChI is InChI=1S/C32H26N2O3/c1-35-28-18-23-17-25(20-13-14-20)34-32(24(23)19-29(28)36-2)30(22-11-7-4-8-12-22)31(33-34)27-16-15-26(37-27)21-9-5-3-6-10-21/h3-12,15-20H,13-14H2,1-2H3. The molecule has 3 aromatic carbocycles. The molecule has 1 saturated carbocycles. The Labute approximate surface area is 214 Å². The summed E-state index contributed by atoms with van der Waals surface area (Å²) in [6, 6.07) is 31.1. The lowest BCUT2D eigenvalue weighted by molar-refractivity contribution is 0.356. The fourth-order valence-electron chi connectivity index (χ4n) is 5.24. The third-order valence-corrected chi connectivity index (χ3v) is 7.20. The van der Waals surface area contributed by atoms with Crippen molar-refractivity contribution in [2.24, 2.45) is 0 Å². The number of pyridine rings is 1. The van der Waals surface area contributed by atoms with Crippen molar-refractivity contribution in [3.05, 3.63) is 96.7 Å². The average molecular weight is 487 g/mol. The van der Waals surface area contributed by atoms with Crippen molar-refractivity contribution in [2.75, 3.05) is 14.2 Å². The topological polar surface area (TPSA) is 48.9 Å². The van der Waals surface area contributed by atoms with Crippen LogP contribution >= 0.6 is 0 Å². The first-order valence-electron chi connectivity index (χ1n) is 12.6. The molecular weight excluding hydrogens is 460 g/mol. The Morgan fingerprint density at radius 1 is 0.757 bits per heavy atom. The van der Waals surface area contributed by atoms with Crippen molar-refractivity contribution >= 4 is 16.3 Å². The summed E-state index contributed by atoms with van der Waals surface area (Å²) >= 11 is 0. The molecule has 6 aromatic rings. The van der Waals surface area contributed by atoms with Crippen LogP contribution in [-0.2, 0) is 0 Å². The molecule has 0 spiro atoms. The molecule has 5 heteroatoms. The average Bonchev–Trinajstić information content (AvgIpc) is 3.54. The van der Waals surface area contributed by atoms with Crippen molar-refractivity contribution in [1.29, 1.82) is 0 Å². The molecule has 0 saturated heterocycles. The minimum absolute atomic E-state index is 0.493. The number of rotatable bonds is 6. The van der Waals surface area contributed by atoms with Crippen LogP contribution in [0.25, 0.3) is 50.2 Å². The highest BCUT2D eigenvalue weighted by Crippen LogP contribution is 2.47. The van der Waals surface area contributed by atoms with Gasteiger partial charge < -0.3 is 13.9 Å². The van der Waals surface area contributed by atoms with E-state index in [9.17, 15) is 0 Å². The van der Waals surface area contributed by atoms with Crippen LogP contribution in [0.1, 0.15) is 24.5 Å². The van der Waals surface area contributed by atoms with E-state index in [2.05, 4.69) is 59.1 Å². The molecular formula is C32H26N2O3. The zero-order valence-corrected chi connectivity index (χ0v) is 20.8. The van der Waals surface area contributed by atoms with E-state index in [0.717, 1.165) is 55.9 Å². The number of aromatic nitrogens is 2. The SMILES string of the molecule is COc1cc2cc(C3CC3)n3nc(-c4ccc(-c5ccccc5)o4)c(-c4ccccc4)c3c2cc1OC. The zero-order chi connectivity index (χ0) is 24.9. The number of ether oxygens (including phenoxy) is 2. The highest BCUT2D eigenvalue weighted by atomic mass is 16.5. The van der Waals surface area contributed by atoms with Crippen LogP contribution < -0.4 is 9.47 Å². The van der Waals surface area contributed by atoms with Crippen LogP contribution in [0.5, 0.6) is 11.5 Å². The minimum Gasteiger partial charge on any atom is -0.493 e. The van der Waals surface area contributed by atoms with Gasteiger partial charge in [0.15, 0.2) is 17.3 Å². The Morgan fingerprint density at radius 2 is 1.41 bits per heavy atom. The summed E-state index contributed by atoms with van der Waals surface area (Å²) in [6.07, 6.45) is 2.34. The van der Waals surface area contributed by atoms with Gasteiger partial charge in [-0.15, -0.1) is 0 Å². The Hall–Kier alpha value is -4.51. The van der Waals surface area contributed by atoms with E-state index in [0.29, 0.717) is 11.7 Å². The monoisotopic (exact) mass is 486 g/mol. The summed E-state index contributed by atoms with van der Waals surface area (Å²) < 4.78 is 19.9. The van der Waals surface area contributed by atoms with Gasteiger partial charge >= 0.3 is 0 Å². The number of hydrogen-bond acceptors (Lipinski definition) is 4. The van der Waals surface area contributed by atoms with Crippen LogP contribution in [0, 0.1) is 0 Å². The van der Waals surface area contributed by atoms with Gasteiger partial charge in [0.05, 0.1) is 19.7 Å². The first-order chi connectivity index (χ1) is 18.2. The summed E-state index contributed by atoms with van der Waals surface area (Å²) in [7, 11) is 3.35. The maximum absolute atomic E-state index is 6.44. The minimum atomic E-state index is 0.493. The number of methoxy groups -OCH3 is 2. The van der Waals surface area contributed by atoms with Crippen LogP contribution in [0.3, 0.4) is 0 Å². The van der Waals surface area contributed by atoms with Gasteiger partial charge in [0, 0.05) is 28.1 Å². The molecule has 7 rings (SSSR count). The fourth-order valence-corrected chi connectivity index (χ4v) is 5.24. The fraction of sp³-hybridized carbons (Fsp3) is 0.156. The number of nitrogens with zero attached hydrogens (tertiary/aromatic N) is 2. The summed E-state index contributed by atoms with van der Waals surface area (Å²) in [4.78, 5) is 0. The molecule has 1 fully saturated rings. The first-order valence-corrected chi connectivity index (χ1v) is 12.6.